The molecule has 2 N–H and O–H groups in total. The molecule has 124 valence electrons. The third-order valence-corrected chi connectivity index (χ3v) is 4.68. The minimum atomic E-state index is -1.35. The van der Waals surface area contributed by atoms with E-state index in [0.717, 1.165) is 15.8 Å². The van der Waals surface area contributed by atoms with Crippen LogP contribution >= 0.6 is 23.6 Å². The first-order valence-corrected chi connectivity index (χ1v) is 8.56. The maximum atomic E-state index is 14.1. The van der Waals surface area contributed by atoms with E-state index < -0.39 is 12.0 Å². The van der Waals surface area contributed by atoms with Crippen molar-refractivity contribution >= 4 is 44.0 Å². The first-order valence-electron chi connectivity index (χ1n) is 7.33. The summed E-state index contributed by atoms with van der Waals surface area (Å²) >= 11 is 6.65. The van der Waals surface area contributed by atoms with Gasteiger partial charge in [-0.2, -0.15) is 0 Å². The lowest BCUT2D eigenvalue weighted by Gasteiger charge is -2.12. The normalized spacial score (nSPS) is 12.1. The fourth-order valence-corrected chi connectivity index (χ4v) is 3.48. The Labute approximate surface area is 147 Å². The van der Waals surface area contributed by atoms with Gasteiger partial charge in [0.15, 0.2) is 10.2 Å². The van der Waals surface area contributed by atoms with Gasteiger partial charge in [0.1, 0.15) is 12.0 Å². The smallest absolute Gasteiger partial charge is 0.190 e. The molecule has 0 amide bonds. The van der Waals surface area contributed by atoms with Crippen LogP contribution in [0.4, 0.5) is 13.9 Å². The van der Waals surface area contributed by atoms with E-state index in [1.807, 2.05) is 25.1 Å². The maximum absolute atomic E-state index is 14.1. The molecule has 1 unspecified atom stereocenters. The van der Waals surface area contributed by atoms with Gasteiger partial charge in [-0.15, -0.1) is 0 Å². The van der Waals surface area contributed by atoms with E-state index in [4.69, 9.17) is 12.2 Å². The van der Waals surface area contributed by atoms with Gasteiger partial charge < -0.3 is 10.6 Å². The van der Waals surface area contributed by atoms with Crippen LogP contribution in [0, 0.1) is 12.7 Å². The number of hydrogen-bond donors (Lipinski definition) is 2. The zero-order valence-electron chi connectivity index (χ0n) is 12.8. The van der Waals surface area contributed by atoms with E-state index in [2.05, 4.69) is 15.6 Å². The molecular weight excluding hydrogens is 348 g/mol. The molecule has 3 nitrogen and oxygen atoms in total. The highest BCUT2D eigenvalue weighted by molar-refractivity contribution is 7.80. The van der Waals surface area contributed by atoms with Crippen molar-refractivity contribution in [1.82, 2.24) is 10.3 Å². The number of nitrogens with one attached hydrogen (secondary N) is 2. The van der Waals surface area contributed by atoms with E-state index in [9.17, 15) is 8.78 Å². The highest BCUT2D eigenvalue weighted by Crippen LogP contribution is 2.27. The van der Waals surface area contributed by atoms with Gasteiger partial charge in [0, 0.05) is 0 Å². The molecule has 0 fully saturated rings. The van der Waals surface area contributed by atoms with Crippen molar-refractivity contribution in [3.05, 3.63) is 59.4 Å². The SMILES string of the molecule is Cc1cccc2sc(NC(=S)NCC(F)c3cccc(F)c3)nc12. The Bertz CT molecular complexity index is 879. The van der Waals surface area contributed by atoms with Crippen LogP contribution in [-0.4, -0.2) is 16.6 Å². The Morgan fingerprint density at radius 2 is 2.08 bits per heavy atom. The lowest BCUT2D eigenvalue weighted by Crippen LogP contribution is -2.31. The topological polar surface area (TPSA) is 37.0 Å². The molecule has 0 aliphatic heterocycles. The number of nitrogens with zero attached hydrogens (tertiary/aromatic N) is 1. The number of para-hydroxylation sites is 1. The van der Waals surface area contributed by atoms with Crippen molar-refractivity contribution in [2.75, 3.05) is 11.9 Å². The predicted molar refractivity (Wildman–Crippen MR) is 98.8 cm³/mol. The second kappa shape index (κ2) is 7.19. The van der Waals surface area contributed by atoms with Gasteiger partial charge in [-0.1, -0.05) is 35.6 Å². The van der Waals surface area contributed by atoms with E-state index in [0.29, 0.717) is 5.13 Å². The molecule has 3 aromatic rings. The van der Waals surface area contributed by atoms with Crippen molar-refractivity contribution in [1.29, 1.82) is 0 Å². The minimum Gasteiger partial charge on any atom is -0.359 e. The summed E-state index contributed by atoms with van der Waals surface area (Å²) in [5.41, 5.74) is 2.29. The quantitative estimate of drug-likeness (QED) is 0.657. The van der Waals surface area contributed by atoms with E-state index in [1.165, 1.54) is 29.5 Å². The zero-order valence-corrected chi connectivity index (χ0v) is 14.5. The number of anilines is 1. The van der Waals surface area contributed by atoms with Gasteiger partial charge in [-0.3, -0.25) is 0 Å². The summed E-state index contributed by atoms with van der Waals surface area (Å²) < 4.78 is 28.3. The molecule has 1 heterocycles. The van der Waals surface area contributed by atoms with Crippen LogP contribution in [-0.2, 0) is 0 Å². The molecule has 24 heavy (non-hydrogen) atoms. The largest absolute Gasteiger partial charge is 0.359 e. The average molecular weight is 363 g/mol. The molecule has 0 bridgehead atoms. The molecular formula is C17H15F2N3S2. The zero-order chi connectivity index (χ0) is 17.1. The van der Waals surface area contributed by atoms with Crippen molar-refractivity contribution in [2.45, 2.75) is 13.1 Å². The summed E-state index contributed by atoms with van der Waals surface area (Å²) in [6.45, 7) is 1.95. The number of halogens is 2. The first-order chi connectivity index (χ1) is 11.5. The van der Waals surface area contributed by atoms with Crippen molar-refractivity contribution in [3.63, 3.8) is 0 Å². The number of aromatic nitrogens is 1. The van der Waals surface area contributed by atoms with Crippen molar-refractivity contribution in [3.8, 4) is 0 Å². The van der Waals surface area contributed by atoms with E-state index in [1.54, 1.807) is 6.07 Å². The van der Waals surface area contributed by atoms with E-state index >= 15 is 0 Å². The molecule has 0 aliphatic carbocycles. The first kappa shape index (κ1) is 16.7. The molecule has 0 saturated carbocycles. The van der Waals surface area contributed by atoms with Crippen LogP contribution in [0.2, 0.25) is 0 Å². The Balaban J connectivity index is 1.59. The van der Waals surface area contributed by atoms with Gasteiger partial charge in [0.05, 0.1) is 16.8 Å². The highest BCUT2D eigenvalue weighted by Gasteiger charge is 2.12. The number of fused-ring (bicyclic) bond motifs is 1. The lowest BCUT2D eigenvalue weighted by molar-refractivity contribution is 0.342. The van der Waals surface area contributed by atoms with Crippen LogP contribution < -0.4 is 10.6 Å². The number of alkyl halides is 1. The Morgan fingerprint density at radius 1 is 1.29 bits per heavy atom. The molecule has 3 rings (SSSR count). The second-order valence-corrected chi connectivity index (χ2v) is 6.74. The third-order valence-electron chi connectivity index (χ3n) is 3.49. The van der Waals surface area contributed by atoms with Gasteiger partial charge >= 0.3 is 0 Å². The highest BCUT2D eigenvalue weighted by atomic mass is 32.1. The Morgan fingerprint density at radius 3 is 2.83 bits per heavy atom. The van der Waals surface area contributed by atoms with Gasteiger partial charge in [0.25, 0.3) is 0 Å². The average Bonchev–Trinajstić information content (AvgIpc) is 2.96. The van der Waals surface area contributed by atoms with Crippen LogP contribution in [0.15, 0.2) is 42.5 Å². The van der Waals surface area contributed by atoms with Crippen LogP contribution in [0.25, 0.3) is 10.2 Å². The summed E-state index contributed by atoms with van der Waals surface area (Å²) in [6.07, 6.45) is -1.35. The van der Waals surface area contributed by atoms with Gasteiger partial charge in [-0.25, -0.2) is 13.8 Å². The van der Waals surface area contributed by atoms with Crippen LogP contribution in [0.5, 0.6) is 0 Å². The molecule has 0 radical (unpaired) electrons. The molecule has 1 atom stereocenters. The molecule has 7 heteroatoms. The molecule has 1 aromatic heterocycles. The summed E-state index contributed by atoms with van der Waals surface area (Å²) in [5, 5.41) is 6.70. The number of hydrogen-bond acceptors (Lipinski definition) is 3. The standard InChI is InChI=1S/C17H15F2N3S2/c1-10-4-2-7-14-15(10)21-17(24-14)22-16(23)20-9-13(19)11-5-3-6-12(18)8-11/h2-8,13H,9H2,1H3,(H2,20,21,22,23). The predicted octanol–water partition coefficient (Wildman–Crippen LogP) is 4.74. The minimum absolute atomic E-state index is 0.0425. The van der Waals surface area contributed by atoms with Crippen LogP contribution in [0.3, 0.4) is 0 Å². The number of thiocarbonyl (C=S) groups is 1. The number of thiazole rings is 1. The number of benzene rings is 2. The molecule has 0 aliphatic rings. The summed E-state index contributed by atoms with van der Waals surface area (Å²) in [4.78, 5) is 4.49. The maximum Gasteiger partial charge on any atom is 0.190 e. The van der Waals surface area contributed by atoms with Gasteiger partial charge in [0.2, 0.25) is 0 Å². The van der Waals surface area contributed by atoms with E-state index in [-0.39, 0.29) is 17.2 Å². The summed E-state index contributed by atoms with van der Waals surface area (Å²) in [7, 11) is 0. The lowest BCUT2D eigenvalue weighted by atomic mass is 10.1. The summed E-state index contributed by atoms with van der Waals surface area (Å²) in [6, 6.07) is 11.4. The summed E-state index contributed by atoms with van der Waals surface area (Å²) in [5.74, 6) is -0.458. The monoisotopic (exact) mass is 363 g/mol. The van der Waals surface area contributed by atoms with Crippen LogP contribution in [0.1, 0.15) is 17.3 Å². The fourth-order valence-electron chi connectivity index (χ4n) is 2.28. The van der Waals surface area contributed by atoms with Crippen molar-refractivity contribution in [2.24, 2.45) is 0 Å². The second-order valence-electron chi connectivity index (χ2n) is 5.30. The number of rotatable bonds is 4. The third kappa shape index (κ3) is 3.85. The molecule has 0 spiro atoms. The molecule has 0 saturated heterocycles. The number of aryl methyl sites for hydroxylation is 1. The Hall–Kier alpha value is -2.12. The Kier molecular flexibility index (Phi) is 5.01. The molecule has 2 aromatic carbocycles. The fraction of sp³-hybridized carbons (Fsp3) is 0.176. The van der Waals surface area contributed by atoms with Crippen molar-refractivity contribution < 1.29 is 8.78 Å². The van der Waals surface area contributed by atoms with Gasteiger partial charge in [-0.05, 0) is 48.5 Å².